The first-order valence-electron chi connectivity index (χ1n) is 15.2. The highest BCUT2D eigenvalue weighted by Crippen LogP contribution is 2.56. The molecule has 1 aliphatic carbocycles. The lowest BCUT2D eigenvalue weighted by Gasteiger charge is -2.42. The summed E-state index contributed by atoms with van der Waals surface area (Å²) in [5, 5.41) is 2.33. The number of aryl methyl sites for hydroxylation is 1. The van der Waals surface area contributed by atoms with Crippen LogP contribution in [-0.4, -0.2) is 65.6 Å². The standard InChI is InChI=1S/C34H36N6O6S/c1-18-16-21(46-20-6-3-2-4-7-20)9-10-22(18)34(38)23-11-12-24(35)29-26(23)27(28(36)31(34)42)30(47-29)32(43)39-19-13-14-40(17-19)25(41)8-5-15-45-33(37)44/h2-12,16,19,27-28,30H,13-15,17,35-36,38H2,1H3,(H2,37,44)(H,39,43). The zero-order valence-electron chi connectivity index (χ0n) is 25.7. The highest BCUT2D eigenvalue weighted by atomic mass is 32.2. The molecule has 0 saturated carbocycles. The lowest BCUT2D eigenvalue weighted by atomic mass is 9.64. The first-order valence-corrected chi connectivity index (χ1v) is 16.1. The summed E-state index contributed by atoms with van der Waals surface area (Å²) in [4.78, 5) is 53.6. The van der Waals surface area contributed by atoms with Gasteiger partial charge in [-0.2, -0.15) is 0 Å². The number of rotatable bonds is 8. The first-order chi connectivity index (χ1) is 22.5. The van der Waals surface area contributed by atoms with Crippen LogP contribution in [0.15, 0.2) is 77.7 Å². The average Bonchev–Trinajstić information content (AvgIpc) is 3.68. The zero-order valence-corrected chi connectivity index (χ0v) is 26.5. The second kappa shape index (κ2) is 12.7. The van der Waals surface area contributed by atoms with Crippen molar-refractivity contribution in [2.24, 2.45) is 17.2 Å². The number of anilines is 1. The molecule has 6 rings (SSSR count). The van der Waals surface area contributed by atoms with Gasteiger partial charge in [0.1, 0.15) is 23.6 Å². The molecule has 1 saturated heterocycles. The molecule has 0 aromatic heterocycles. The molecule has 3 aromatic rings. The number of hydrogen-bond acceptors (Lipinski definition) is 10. The number of amides is 3. The molecule has 5 unspecified atom stereocenters. The van der Waals surface area contributed by atoms with E-state index in [4.69, 9.17) is 27.7 Å². The highest BCUT2D eigenvalue weighted by Gasteiger charge is 2.57. The lowest BCUT2D eigenvalue weighted by Crippen LogP contribution is -2.60. The summed E-state index contributed by atoms with van der Waals surface area (Å²) < 4.78 is 10.6. The van der Waals surface area contributed by atoms with E-state index in [1.54, 1.807) is 29.2 Å². The monoisotopic (exact) mass is 656 g/mol. The Morgan fingerprint density at radius 1 is 1.09 bits per heavy atom. The van der Waals surface area contributed by atoms with Crippen LogP contribution in [0, 0.1) is 6.92 Å². The van der Waals surface area contributed by atoms with Crippen LogP contribution < -0.4 is 33.0 Å². The average molecular weight is 657 g/mol. The smallest absolute Gasteiger partial charge is 0.404 e. The predicted molar refractivity (Wildman–Crippen MR) is 177 cm³/mol. The molecule has 244 valence electrons. The molecule has 3 aromatic carbocycles. The molecule has 12 nitrogen and oxygen atoms in total. The van der Waals surface area contributed by atoms with Crippen molar-refractivity contribution in [3.63, 3.8) is 0 Å². The maximum absolute atomic E-state index is 14.3. The van der Waals surface area contributed by atoms with Gasteiger partial charge >= 0.3 is 6.09 Å². The van der Waals surface area contributed by atoms with Crippen molar-refractivity contribution in [2.75, 3.05) is 25.4 Å². The fourth-order valence-electron chi connectivity index (χ4n) is 6.71. The third kappa shape index (κ3) is 5.93. The Morgan fingerprint density at radius 2 is 1.83 bits per heavy atom. The highest BCUT2D eigenvalue weighted by molar-refractivity contribution is 8.01. The number of ketones is 1. The van der Waals surface area contributed by atoms with Crippen molar-refractivity contribution in [3.05, 3.63) is 95.1 Å². The number of nitrogens with zero attached hydrogens (tertiary/aromatic N) is 1. The van der Waals surface area contributed by atoms with E-state index in [1.807, 2.05) is 43.3 Å². The fraction of sp³-hybridized carbons (Fsp3) is 0.294. The van der Waals surface area contributed by atoms with E-state index in [2.05, 4.69) is 10.1 Å². The number of ether oxygens (including phenoxy) is 2. The Hall–Kier alpha value is -4.85. The summed E-state index contributed by atoms with van der Waals surface area (Å²) in [6.07, 6.45) is 2.33. The van der Waals surface area contributed by atoms with E-state index in [0.29, 0.717) is 52.7 Å². The van der Waals surface area contributed by atoms with Gasteiger partial charge in [0.25, 0.3) is 0 Å². The fourth-order valence-corrected chi connectivity index (χ4v) is 8.17. The van der Waals surface area contributed by atoms with Crippen molar-refractivity contribution in [1.29, 1.82) is 0 Å². The maximum Gasteiger partial charge on any atom is 0.404 e. The quantitative estimate of drug-likeness (QED) is 0.177. The molecule has 0 radical (unpaired) electrons. The number of carbonyl (C=O) groups is 4. The van der Waals surface area contributed by atoms with Crippen molar-refractivity contribution >= 4 is 41.1 Å². The van der Waals surface area contributed by atoms with Gasteiger partial charge in [-0.25, -0.2) is 4.79 Å². The molecule has 13 heteroatoms. The van der Waals surface area contributed by atoms with Crippen LogP contribution in [0.3, 0.4) is 0 Å². The van der Waals surface area contributed by atoms with Gasteiger partial charge in [0.05, 0.1) is 11.3 Å². The summed E-state index contributed by atoms with van der Waals surface area (Å²) in [5.41, 5.74) is 26.7. The van der Waals surface area contributed by atoms with Crippen molar-refractivity contribution in [1.82, 2.24) is 10.2 Å². The van der Waals surface area contributed by atoms with Gasteiger partial charge in [0, 0.05) is 41.7 Å². The van der Waals surface area contributed by atoms with Crippen LogP contribution in [-0.2, 0) is 24.7 Å². The van der Waals surface area contributed by atoms with E-state index < -0.39 is 34.6 Å². The molecule has 2 aliphatic heterocycles. The van der Waals surface area contributed by atoms with Crippen LogP contribution >= 0.6 is 11.8 Å². The van der Waals surface area contributed by atoms with Crippen LogP contribution in [0.1, 0.15) is 34.6 Å². The second-order valence-electron chi connectivity index (χ2n) is 11.9. The van der Waals surface area contributed by atoms with Gasteiger partial charge in [0.15, 0.2) is 5.78 Å². The van der Waals surface area contributed by atoms with Gasteiger partial charge in [-0.15, -0.1) is 11.8 Å². The second-order valence-corrected chi connectivity index (χ2v) is 13.1. The third-order valence-corrected chi connectivity index (χ3v) is 10.4. The van der Waals surface area contributed by atoms with Crippen LogP contribution in [0.25, 0.3) is 0 Å². The van der Waals surface area contributed by atoms with E-state index >= 15 is 0 Å². The molecule has 0 spiro atoms. The van der Waals surface area contributed by atoms with Crippen LogP contribution in [0.2, 0.25) is 0 Å². The molecule has 1 fully saturated rings. The molecular formula is C34H36N6O6S. The Balaban J connectivity index is 1.22. The number of primary amides is 1. The van der Waals surface area contributed by atoms with E-state index in [-0.39, 0.29) is 24.5 Å². The topological polar surface area (TPSA) is 206 Å². The number of thioether (sulfide) groups is 1. The predicted octanol–water partition coefficient (Wildman–Crippen LogP) is 2.41. The number of likely N-dealkylation sites (tertiary alicyclic amines) is 1. The number of benzene rings is 3. The summed E-state index contributed by atoms with van der Waals surface area (Å²) in [6.45, 7) is 2.49. The van der Waals surface area contributed by atoms with Gasteiger partial charge < -0.3 is 42.6 Å². The minimum atomic E-state index is -1.57. The van der Waals surface area contributed by atoms with Gasteiger partial charge in [-0.05, 0) is 72.0 Å². The number of nitrogen functional groups attached to an aromatic ring is 1. The third-order valence-electron chi connectivity index (χ3n) is 8.92. The summed E-state index contributed by atoms with van der Waals surface area (Å²) in [7, 11) is 0. The first kappa shape index (κ1) is 32.1. The number of carbonyl (C=O) groups excluding carboxylic acids is 4. The van der Waals surface area contributed by atoms with E-state index in [0.717, 1.165) is 11.1 Å². The maximum atomic E-state index is 14.3. The normalized spacial score (nSPS) is 24.7. The number of nitrogens with one attached hydrogen (secondary N) is 1. The minimum absolute atomic E-state index is 0.113. The molecule has 3 amide bonds. The lowest BCUT2D eigenvalue weighted by molar-refractivity contribution is -0.127. The van der Waals surface area contributed by atoms with E-state index in [9.17, 15) is 19.2 Å². The Bertz CT molecular complexity index is 1780. The molecule has 5 atom stereocenters. The largest absolute Gasteiger partial charge is 0.457 e. The SMILES string of the molecule is Cc1cc(Oc2ccccc2)ccc1C1(N)C(=O)C(N)C2c3c1ccc(N)c3SC2C(=O)NC1CCN(C(=O)C=CCOC(N)=O)C1. The summed E-state index contributed by atoms with van der Waals surface area (Å²) in [6, 6.07) is 16.9. The Morgan fingerprint density at radius 3 is 2.55 bits per heavy atom. The van der Waals surface area contributed by atoms with Crippen molar-refractivity contribution in [3.8, 4) is 11.5 Å². The zero-order chi connectivity index (χ0) is 33.5. The number of nitrogens with two attached hydrogens (primary N) is 4. The summed E-state index contributed by atoms with van der Waals surface area (Å²) >= 11 is 1.29. The molecule has 0 bridgehead atoms. The Kier molecular flexibility index (Phi) is 8.70. The van der Waals surface area contributed by atoms with Gasteiger partial charge in [-0.1, -0.05) is 30.3 Å². The number of hydrogen-bond donors (Lipinski definition) is 5. The van der Waals surface area contributed by atoms with Crippen molar-refractivity contribution < 1.29 is 28.7 Å². The van der Waals surface area contributed by atoms with Crippen LogP contribution in [0.4, 0.5) is 10.5 Å². The van der Waals surface area contributed by atoms with E-state index in [1.165, 1.54) is 23.9 Å². The van der Waals surface area contributed by atoms with Gasteiger partial charge in [-0.3, -0.25) is 14.4 Å². The molecule has 2 heterocycles. The van der Waals surface area contributed by atoms with Crippen molar-refractivity contribution in [2.45, 2.75) is 47.0 Å². The van der Waals surface area contributed by atoms with Gasteiger partial charge in [0.2, 0.25) is 11.8 Å². The number of Topliss-reactive ketones (excluding diaryl/α,β-unsaturated/α-hetero) is 1. The molecule has 3 aliphatic rings. The molecular weight excluding hydrogens is 620 g/mol. The molecule has 9 N–H and O–H groups in total. The van der Waals surface area contributed by atoms with Crippen LogP contribution in [0.5, 0.6) is 11.5 Å². The number of para-hydroxylation sites is 1. The molecule has 47 heavy (non-hydrogen) atoms. The minimum Gasteiger partial charge on any atom is -0.457 e. The Labute approximate surface area is 275 Å². The summed E-state index contributed by atoms with van der Waals surface area (Å²) in [5.74, 6) is -0.329.